The summed E-state index contributed by atoms with van der Waals surface area (Å²) < 4.78 is 15.5. The van der Waals surface area contributed by atoms with Crippen molar-refractivity contribution in [3.8, 4) is 11.8 Å². The Bertz CT molecular complexity index is 946. The zero-order valence-electron chi connectivity index (χ0n) is 11.7. The van der Waals surface area contributed by atoms with Gasteiger partial charge in [-0.3, -0.25) is 10.1 Å². The van der Waals surface area contributed by atoms with Gasteiger partial charge in [-0.25, -0.2) is 4.79 Å². The third kappa shape index (κ3) is 2.22. The normalized spacial score (nSPS) is 16.4. The van der Waals surface area contributed by atoms with Crippen molar-refractivity contribution in [3.05, 3.63) is 67.3 Å². The number of nitrogens with two attached hydrogens (primary N) is 1. The summed E-state index contributed by atoms with van der Waals surface area (Å²) in [5.74, 6) is -1.30. The van der Waals surface area contributed by atoms with Gasteiger partial charge >= 0.3 is 11.5 Å². The van der Waals surface area contributed by atoms with Crippen LogP contribution in [0, 0.1) is 28.4 Å². The van der Waals surface area contributed by atoms with Gasteiger partial charge in [-0.2, -0.15) is 5.26 Å². The first-order chi connectivity index (χ1) is 10.9. The standard InChI is InChI=1S/C14H9N3O6/c1-6-4-9-12(14(18)21-6)11(7(5-15)13(16)23-9)8-2-3-10(22-8)17(19)20/h2-4,11H,16H2,1H3/t11-/m1/s1. The first-order valence-electron chi connectivity index (χ1n) is 6.38. The van der Waals surface area contributed by atoms with Gasteiger partial charge in [0.1, 0.15) is 33.8 Å². The average molecular weight is 315 g/mol. The Labute approximate surface area is 128 Å². The molecule has 1 atom stereocenters. The second-order valence-corrected chi connectivity index (χ2v) is 4.78. The molecule has 1 aliphatic heterocycles. The molecule has 0 bridgehead atoms. The van der Waals surface area contributed by atoms with Crippen molar-refractivity contribution in [2.75, 3.05) is 0 Å². The highest BCUT2D eigenvalue weighted by molar-refractivity contribution is 5.53. The van der Waals surface area contributed by atoms with Crippen LogP contribution in [0.15, 0.2) is 43.3 Å². The number of nitriles is 1. The molecule has 2 N–H and O–H groups in total. The van der Waals surface area contributed by atoms with Crippen LogP contribution >= 0.6 is 0 Å². The van der Waals surface area contributed by atoms with Crippen LogP contribution < -0.4 is 16.1 Å². The van der Waals surface area contributed by atoms with Crippen LogP contribution in [0.5, 0.6) is 5.75 Å². The molecule has 3 heterocycles. The lowest BCUT2D eigenvalue weighted by molar-refractivity contribution is -0.402. The summed E-state index contributed by atoms with van der Waals surface area (Å²) >= 11 is 0. The number of hydrogen-bond donors (Lipinski definition) is 1. The average Bonchev–Trinajstić information content (AvgIpc) is 2.95. The minimum absolute atomic E-state index is 0.00518. The van der Waals surface area contributed by atoms with Gasteiger partial charge in [-0.05, 0) is 13.0 Å². The molecule has 1 aliphatic rings. The quantitative estimate of drug-likeness (QED) is 0.650. The molecule has 0 unspecified atom stereocenters. The van der Waals surface area contributed by atoms with E-state index < -0.39 is 22.4 Å². The second kappa shape index (κ2) is 5.03. The Morgan fingerprint density at radius 1 is 1.39 bits per heavy atom. The SMILES string of the molecule is Cc1cc2c(c(=O)o1)[C@@H](c1ccc([N+](=O)[O-])o1)C(C#N)=C(N)O2. The number of fused-ring (bicyclic) bond motifs is 1. The highest BCUT2D eigenvalue weighted by Crippen LogP contribution is 2.41. The molecule has 23 heavy (non-hydrogen) atoms. The lowest BCUT2D eigenvalue weighted by atomic mass is 9.88. The number of hydrogen-bond acceptors (Lipinski definition) is 8. The van der Waals surface area contributed by atoms with E-state index in [-0.39, 0.29) is 28.5 Å². The Balaban J connectivity index is 2.27. The third-order valence-electron chi connectivity index (χ3n) is 3.33. The van der Waals surface area contributed by atoms with Gasteiger partial charge in [0.15, 0.2) is 0 Å². The van der Waals surface area contributed by atoms with Crippen molar-refractivity contribution >= 4 is 5.88 Å². The summed E-state index contributed by atoms with van der Waals surface area (Å²) in [5.41, 5.74) is 4.91. The molecule has 3 rings (SSSR count). The van der Waals surface area contributed by atoms with Crippen LogP contribution in [0.25, 0.3) is 0 Å². The van der Waals surface area contributed by atoms with Gasteiger partial charge in [0.25, 0.3) is 0 Å². The largest absolute Gasteiger partial charge is 0.440 e. The van der Waals surface area contributed by atoms with Gasteiger partial charge in [0.2, 0.25) is 5.88 Å². The van der Waals surface area contributed by atoms with Crippen LogP contribution in [0.3, 0.4) is 0 Å². The molecule has 0 saturated heterocycles. The van der Waals surface area contributed by atoms with Gasteiger partial charge in [0.05, 0.1) is 17.5 Å². The Morgan fingerprint density at radius 3 is 2.74 bits per heavy atom. The molecule has 9 nitrogen and oxygen atoms in total. The summed E-state index contributed by atoms with van der Waals surface area (Å²) in [6, 6.07) is 5.73. The molecule has 0 fully saturated rings. The summed E-state index contributed by atoms with van der Waals surface area (Å²) in [4.78, 5) is 22.2. The minimum atomic E-state index is -1.03. The summed E-state index contributed by atoms with van der Waals surface area (Å²) in [7, 11) is 0. The van der Waals surface area contributed by atoms with Crippen LogP contribution in [0.1, 0.15) is 23.0 Å². The summed E-state index contributed by atoms with van der Waals surface area (Å²) in [6.07, 6.45) is 0. The molecule has 0 aromatic carbocycles. The van der Waals surface area contributed by atoms with E-state index in [1.54, 1.807) is 6.92 Å². The Morgan fingerprint density at radius 2 is 2.13 bits per heavy atom. The highest BCUT2D eigenvalue weighted by atomic mass is 16.6. The number of nitrogens with zero attached hydrogens (tertiary/aromatic N) is 2. The summed E-state index contributed by atoms with van der Waals surface area (Å²) in [5, 5.41) is 20.1. The molecular formula is C14H9N3O6. The molecule has 0 saturated carbocycles. The van der Waals surface area contributed by atoms with Gasteiger partial charge in [-0.15, -0.1) is 0 Å². The third-order valence-corrected chi connectivity index (χ3v) is 3.33. The smallest absolute Gasteiger partial charge is 0.433 e. The van der Waals surface area contributed by atoms with Crippen LogP contribution in [-0.4, -0.2) is 4.92 Å². The van der Waals surface area contributed by atoms with E-state index in [2.05, 4.69) is 0 Å². The van der Waals surface area contributed by atoms with E-state index in [4.69, 9.17) is 19.3 Å². The van der Waals surface area contributed by atoms with Crippen molar-refractivity contribution < 1.29 is 18.5 Å². The van der Waals surface area contributed by atoms with Crippen LogP contribution in [0.4, 0.5) is 5.88 Å². The molecular weight excluding hydrogens is 306 g/mol. The first kappa shape index (κ1) is 14.4. The van der Waals surface area contributed by atoms with Crippen LogP contribution in [0.2, 0.25) is 0 Å². The Hall–Kier alpha value is -3.54. The molecule has 2 aromatic rings. The molecule has 0 radical (unpaired) electrons. The minimum Gasteiger partial charge on any atom is -0.440 e. The van der Waals surface area contributed by atoms with Crippen molar-refractivity contribution in [1.82, 2.24) is 0 Å². The number of allylic oxidation sites excluding steroid dienone is 1. The van der Waals surface area contributed by atoms with Crippen molar-refractivity contribution in [2.45, 2.75) is 12.8 Å². The lowest BCUT2D eigenvalue weighted by Crippen LogP contribution is -2.26. The highest BCUT2D eigenvalue weighted by Gasteiger charge is 2.37. The lowest BCUT2D eigenvalue weighted by Gasteiger charge is -2.23. The van der Waals surface area contributed by atoms with Crippen molar-refractivity contribution in [1.29, 1.82) is 5.26 Å². The van der Waals surface area contributed by atoms with Gasteiger partial charge in [0, 0.05) is 6.07 Å². The van der Waals surface area contributed by atoms with E-state index in [0.717, 1.165) is 6.07 Å². The fourth-order valence-corrected chi connectivity index (χ4v) is 2.40. The predicted octanol–water partition coefficient (Wildman–Crippen LogP) is 1.67. The molecule has 116 valence electrons. The number of furan rings is 1. The zero-order chi connectivity index (χ0) is 16.7. The Kier molecular flexibility index (Phi) is 3.15. The zero-order valence-corrected chi connectivity index (χ0v) is 11.7. The number of rotatable bonds is 2. The topological polar surface area (TPSA) is 146 Å². The van der Waals surface area contributed by atoms with E-state index in [1.165, 1.54) is 12.1 Å². The van der Waals surface area contributed by atoms with Gasteiger partial charge < -0.3 is 19.3 Å². The monoisotopic (exact) mass is 315 g/mol. The van der Waals surface area contributed by atoms with Gasteiger partial charge in [-0.1, -0.05) is 0 Å². The molecule has 0 spiro atoms. The molecule has 9 heteroatoms. The summed E-state index contributed by atoms with van der Waals surface area (Å²) in [6.45, 7) is 1.55. The van der Waals surface area contributed by atoms with Crippen molar-refractivity contribution in [2.24, 2.45) is 5.73 Å². The van der Waals surface area contributed by atoms with E-state index in [1.807, 2.05) is 6.07 Å². The van der Waals surface area contributed by atoms with E-state index >= 15 is 0 Å². The van der Waals surface area contributed by atoms with Crippen molar-refractivity contribution in [3.63, 3.8) is 0 Å². The molecule has 0 aliphatic carbocycles. The van der Waals surface area contributed by atoms with Crippen LogP contribution in [-0.2, 0) is 0 Å². The second-order valence-electron chi connectivity index (χ2n) is 4.78. The predicted molar refractivity (Wildman–Crippen MR) is 74.4 cm³/mol. The van der Waals surface area contributed by atoms with E-state index in [9.17, 15) is 20.2 Å². The number of nitro groups is 1. The fraction of sp³-hybridized carbons (Fsp3) is 0.143. The fourth-order valence-electron chi connectivity index (χ4n) is 2.40. The molecule has 2 aromatic heterocycles. The maximum atomic E-state index is 12.2. The maximum Gasteiger partial charge on any atom is 0.433 e. The van der Waals surface area contributed by atoms with E-state index in [0.29, 0.717) is 5.76 Å². The first-order valence-corrected chi connectivity index (χ1v) is 6.38. The molecule has 0 amide bonds. The number of ether oxygens (including phenoxy) is 1. The number of aryl methyl sites for hydroxylation is 1. The maximum absolute atomic E-state index is 12.2.